The lowest BCUT2D eigenvalue weighted by Gasteiger charge is -2.05. The van der Waals surface area contributed by atoms with Crippen molar-refractivity contribution < 1.29 is 14.4 Å². The first-order valence-electron chi connectivity index (χ1n) is 8.61. The van der Waals surface area contributed by atoms with E-state index in [0.29, 0.717) is 28.4 Å². The van der Waals surface area contributed by atoms with Crippen molar-refractivity contribution in [1.82, 2.24) is 10.2 Å². The van der Waals surface area contributed by atoms with E-state index in [1.165, 1.54) is 6.92 Å². The van der Waals surface area contributed by atoms with Crippen LogP contribution in [0, 0.1) is 0 Å². The van der Waals surface area contributed by atoms with Gasteiger partial charge in [-0.3, -0.25) is 14.4 Å². The van der Waals surface area contributed by atoms with E-state index in [1.807, 2.05) is 18.2 Å². The van der Waals surface area contributed by atoms with Gasteiger partial charge in [0.25, 0.3) is 5.91 Å². The smallest absolute Gasteiger partial charge is 0.286 e. The van der Waals surface area contributed by atoms with Gasteiger partial charge in [-0.15, -0.1) is 10.2 Å². The minimum absolute atomic E-state index is 0.0636. The number of ketones is 1. The van der Waals surface area contributed by atoms with Gasteiger partial charge in [-0.05, 0) is 31.2 Å². The summed E-state index contributed by atoms with van der Waals surface area (Å²) >= 11 is 1.16. The standard InChI is InChI=1S/C20H18N4O3S/c1-13(25)14-6-5-9-16(12-14)21-17(26)10-11-18-23-24-20(28-18)19(27)22-15-7-3-2-4-8-15/h2-9,12H,10-11H2,1H3,(H,21,26)(H,22,27). The number of hydrogen-bond acceptors (Lipinski definition) is 6. The van der Waals surface area contributed by atoms with Crippen molar-refractivity contribution in [3.63, 3.8) is 0 Å². The molecule has 3 rings (SSSR count). The molecule has 0 saturated carbocycles. The number of hydrogen-bond donors (Lipinski definition) is 2. The summed E-state index contributed by atoms with van der Waals surface area (Å²) in [6.45, 7) is 1.47. The molecule has 0 aliphatic heterocycles. The highest BCUT2D eigenvalue weighted by Gasteiger charge is 2.14. The van der Waals surface area contributed by atoms with E-state index in [-0.39, 0.29) is 29.0 Å². The van der Waals surface area contributed by atoms with Crippen LogP contribution in [0.3, 0.4) is 0 Å². The normalized spacial score (nSPS) is 10.3. The number of aromatic nitrogens is 2. The van der Waals surface area contributed by atoms with Gasteiger partial charge in [-0.2, -0.15) is 0 Å². The molecular formula is C20H18N4O3S. The van der Waals surface area contributed by atoms with Gasteiger partial charge in [-0.25, -0.2) is 0 Å². The third kappa shape index (κ3) is 5.31. The number of Topliss-reactive ketones (excluding diaryl/α,β-unsaturated/α-hetero) is 1. The predicted octanol–water partition coefficient (Wildman–Crippen LogP) is 3.56. The summed E-state index contributed by atoms with van der Waals surface area (Å²) in [6, 6.07) is 15.9. The molecule has 0 aliphatic rings. The quantitative estimate of drug-likeness (QED) is 0.597. The number of rotatable bonds is 7. The van der Waals surface area contributed by atoms with Gasteiger partial charge in [0, 0.05) is 29.8 Å². The number of carbonyl (C=O) groups is 3. The highest BCUT2D eigenvalue weighted by Crippen LogP contribution is 2.16. The number of para-hydroxylation sites is 1. The maximum atomic E-state index is 12.2. The summed E-state index contributed by atoms with van der Waals surface area (Å²) in [7, 11) is 0. The molecule has 2 aromatic carbocycles. The Labute approximate surface area is 165 Å². The molecule has 1 aromatic heterocycles. The fourth-order valence-electron chi connectivity index (χ4n) is 2.41. The Kier molecular flexibility index (Phi) is 6.23. The Hall–Kier alpha value is -3.39. The largest absolute Gasteiger partial charge is 0.326 e. The summed E-state index contributed by atoms with van der Waals surface area (Å²) in [5, 5.41) is 14.2. The van der Waals surface area contributed by atoms with Crippen LogP contribution in [0.4, 0.5) is 11.4 Å². The zero-order valence-corrected chi connectivity index (χ0v) is 16.0. The van der Waals surface area contributed by atoms with E-state index in [9.17, 15) is 14.4 Å². The number of benzene rings is 2. The van der Waals surface area contributed by atoms with Crippen LogP contribution in [0.25, 0.3) is 0 Å². The summed E-state index contributed by atoms with van der Waals surface area (Å²) in [4.78, 5) is 35.7. The Balaban J connectivity index is 1.52. The van der Waals surface area contributed by atoms with Crippen molar-refractivity contribution in [3.05, 3.63) is 70.2 Å². The monoisotopic (exact) mass is 394 g/mol. The summed E-state index contributed by atoms with van der Waals surface area (Å²) < 4.78 is 0. The van der Waals surface area contributed by atoms with Crippen molar-refractivity contribution >= 4 is 40.3 Å². The molecule has 0 unspecified atom stereocenters. The van der Waals surface area contributed by atoms with E-state index in [1.54, 1.807) is 36.4 Å². The molecular weight excluding hydrogens is 376 g/mol. The fraction of sp³-hybridized carbons (Fsp3) is 0.150. The second-order valence-corrected chi connectivity index (χ2v) is 7.07. The van der Waals surface area contributed by atoms with Crippen LogP contribution in [0.1, 0.15) is 38.5 Å². The third-order valence-electron chi connectivity index (χ3n) is 3.81. The molecule has 28 heavy (non-hydrogen) atoms. The van der Waals surface area contributed by atoms with E-state index < -0.39 is 0 Å². The van der Waals surface area contributed by atoms with Gasteiger partial charge in [0.2, 0.25) is 10.9 Å². The molecule has 0 aliphatic carbocycles. The van der Waals surface area contributed by atoms with Gasteiger partial charge < -0.3 is 10.6 Å². The Morgan fingerprint density at radius 2 is 1.68 bits per heavy atom. The van der Waals surface area contributed by atoms with Gasteiger partial charge >= 0.3 is 0 Å². The van der Waals surface area contributed by atoms with Gasteiger partial charge in [0.1, 0.15) is 5.01 Å². The highest BCUT2D eigenvalue weighted by molar-refractivity contribution is 7.13. The van der Waals surface area contributed by atoms with Crippen LogP contribution < -0.4 is 10.6 Å². The van der Waals surface area contributed by atoms with Crippen molar-refractivity contribution in [2.24, 2.45) is 0 Å². The average Bonchev–Trinajstić information content (AvgIpc) is 3.17. The predicted molar refractivity (Wildman–Crippen MR) is 108 cm³/mol. The first kappa shape index (κ1) is 19.4. The van der Waals surface area contributed by atoms with Gasteiger partial charge in [0.15, 0.2) is 5.78 Å². The van der Waals surface area contributed by atoms with Gasteiger partial charge in [0.05, 0.1) is 0 Å². The van der Waals surface area contributed by atoms with Crippen LogP contribution in [0.2, 0.25) is 0 Å². The maximum Gasteiger partial charge on any atom is 0.286 e. The topological polar surface area (TPSA) is 101 Å². The van der Waals surface area contributed by atoms with Crippen molar-refractivity contribution in [1.29, 1.82) is 0 Å². The molecule has 142 valence electrons. The average molecular weight is 394 g/mol. The highest BCUT2D eigenvalue weighted by atomic mass is 32.1. The van der Waals surface area contributed by atoms with Crippen LogP contribution in [0.15, 0.2) is 54.6 Å². The van der Waals surface area contributed by atoms with Crippen molar-refractivity contribution in [3.8, 4) is 0 Å². The first-order chi connectivity index (χ1) is 13.5. The number of anilines is 2. The molecule has 3 aromatic rings. The van der Waals surface area contributed by atoms with Crippen LogP contribution in [-0.4, -0.2) is 27.8 Å². The van der Waals surface area contributed by atoms with E-state index >= 15 is 0 Å². The lowest BCUT2D eigenvalue weighted by atomic mass is 10.1. The number of aryl methyl sites for hydroxylation is 1. The van der Waals surface area contributed by atoms with Crippen LogP contribution in [0.5, 0.6) is 0 Å². The maximum absolute atomic E-state index is 12.2. The SMILES string of the molecule is CC(=O)c1cccc(NC(=O)CCc2nnc(C(=O)Nc3ccccc3)s2)c1. The molecule has 0 fully saturated rings. The first-order valence-corrected chi connectivity index (χ1v) is 9.42. The molecule has 2 N–H and O–H groups in total. The zero-order valence-electron chi connectivity index (χ0n) is 15.1. The van der Waals surface area contributed by atoms with Crippen molar-refractivity contribution in [2.45, 2.75) is 19.8 Å². The Morgan fingerprint density at radius 3 is 2.43 bits per heavy atom. The molecule has 0 radical (unpaired) electrons. The summed E-state index contributed by atoms with van der Waals surface area (Å²) in [6.07, 6.45) is 0.563. The number of carbonyl (C=O) groups excluding carboxylic acids is 3. The molecule has 0 saturated heterocycles. The molecule has 7 nitrogen and oxygen atoms in total. The van der Waals surface area contributed by atoms with Crippen LogP contribution in [-0.2, 0) is 11.2 Å². The molecule has 0 spiro atoms. The van der Waals surface area contributed by atoms with E-state index in [4.69, 9.17) is 0 Å². The number of amides is 2. The number of nitrogens with one attached hydrogen (secondary N) is 2. The summed E-state index contributed by atoms with van der Waals surface area (Å²) in [5.41, 5.74) is 1.78. The second-order valence-electron chi connectivity index (χ2n) is 6.01. The third-order valence-corrected chi connectivity index (χ3v) is 4.79. The van der Waals surface area contributed by atoms with E-state index in [2.05, 4.69) is 20.8 Å². The minimum Gasteiger partial charge on any atom is -0.326 e. The lowest BCUT2D eigenvalue weighted by Crippen LogP contribution is -2.12. The lowest BCUT2D eigenvalue weighted by molar-refractivity contribution is -0.116. The second kappa shape index (κ2) is 9.01. The van der Waals surface area contributed by atoms with Crippen molar-refractivity contribution in [2.75, 3.05) is 10.6 Å². The Bertz CT molecular complexity index is 1000. The molecule has 8 heteroatoms. The van der Waals surface area contributed by atoms with Crippen LogP contribution >= 0.6 is 11.3 Å². The molecule has 0 atom stereocenters. The molecule has 1 heterocycles. The Morgan fingerprint density at radius 1 is 0.929 bits per heavy atom. The zero-order chi connectivity index (χ0) is 19.9. The minimum atomic E-state index is -0.333. The molecule has 2 amide bonds. The molecule has 0 bridgehead atoms. The number of nitrogens with zero attached hydrogens (tertiary/aromatic N) is 2. The summed E-state index contributed by atoms with van der Waals surface area (Å²) in [5.74, 6) is -0.599. The van der Waals surface area contributed by atoms with E-state index in [0.717, 1.165) is 11.3 Å². The fourth-order valence-corrected chi connectivity index (χ4v) is 3.15. The van der Waals surface area contributed by atoms with Gasteiger partial charge in [-0.1, -0.05) is 41.7 Å².